The highest BCUT2D eigenvalue weighted by molar-refractivity contribution is 9.10. The van der Waals surface area contributed by atoms with Gasteiger partial charge in [-0.3, -0.25) is 4.90 Å². The lowest BCUT2D eigenvalue weighted by Gasteiger charge is -2.27. The van der Waals surface area contributed by atoms with E-state index >= 15 is 0 Å². The van der Waals surface area contributed by atoms with Gasteiger partial charge in [0.25, 0.3) is 0 Å². The van der Waals surface area contributed by atoms with Gasteiger partial charge in [-0.15, -0.1) is 0 Å². The largest absolute Gasteiger partial charge is 0.316 e. The number of rotatable bonds is 2. The van der Waals surface area contributed by atoms with Crippen LogP contribution < -0.4 is 5.32 Å². The summed E-state index contributed by atoms with van der Waals surface area (Å²) in [5, 5.41) is 3.53. The third kappa shape index (κ3) is 2.36. The van der Waals surface area contributed by atoms with Gasteiger partial charge in [0, 0.05) is 23.6 Å². The monoisotopic (exact) mass is 308 g/mol. The first-order chi connectivity index (χ1) is 8.69. The highest BCUT2D eigenvalue weighted by atomic mass is 79.9. The molecule has 0 saturated carbocycles. The lowest BCUT2D eigenvalue weighted by molar-refractivity contribution is 0.224. The van der Waals surface area contributed by atoms with Crippen molar-refractivity contribution in [2.75, 3.05) is 26.2 Å². The molecule has 0 aliphatic carbocycles. The Morgan fingerprint density at radius 3 is 3.00 bits per heavy atom. The Hall–Kier alpha value is -0.380. The van der Waals surface area contributed by atoms with Crippen molar-refractivity contribution in [1.29, 1.82) is 0 Å². The summed E-state index contributed by atoms with van der Waals surface area (Å²) in [6.45, 7) is 7.26. The quantitative estimate of drug-likeness (QED) is 0.902. The first-order valence-corrected chi connectivity index (χ1v) is 7.68. The molecule has 3 heteroatoms. The molecule has 2 heterocycles. The summed E-state index contributed by atoms with van der Waals surface area (Å²) in [6.07, 6.45) is 2.72. The maximum atomic E-state index is 3.57. The number of hydrogen-bond donors (Lipinski definition) is 1. The van der Waals surface area contributed by atoms with Crippen molar-refractivity contribution in [1.82, 2.24) is 10.2 Å². The molecular weight excluding hydrogens is 288 g/mol. The summed E-state index contributed by atoms with van der Waals surface area (Å²) in [7, 11) is 0. The van der Waals surface area contributed by atoms with E-state index in [1.165, 1.54) is 49.1 Å². The fourth-order valence-corrected chi connectivity index (χ4v) is 3.84. The molecule has 2 aliphatic rings. The van der Waals surface area contributed by atoms with Crippen molar-refractivity contribution in [3.63, 3.8) is 0 Å². The van der Waals surface area contributed by atoms with Crippen molar-refractivity contribution in [3.05, 3.63) is 34.3 Å². The highest BCUT2D eigenvalue weighted by Gasteiger charge is 2.41. The summed E-state index contributed by atoms with van der Waals surface area (Å²) < 4.78 is 1.18. The number of benzene rings is 1. The maximum Gasteiger partial charge on any atom is 0.0320 e. The second-order valence-corrected chi connectivity index (χ2v) is 6.79. The Labute approximate surface area is 118 Å². The average molecular weight is 309 g/mol. The van der Waals surface area contributed by atoms with Crippen LogP contribution in [0.4, 0.5) is 0 Å². The zero-order valence-electron chi connectivity index (χ0n) is 11.0. The molecule has 0 amide bonds. The van der Waals surface area contributed by atoms with Crippen LogP contribution in [0.5, 0.6) is 0 Å². The van der Waals surface area contributed by atoms with Gasteiger partial charge < -0.3 is 5.32 Å². The smallest absolute Gasteiger partial charge is 0.0320 e. The van der Waals surface area contributed by atoms with Crippen molar-refractivity contribution in [3.8, 4) is 0 Å². The molecule has 18 heavy (non-hydrogen) atoms. The lowest BCUT2D eigenvalue weighted by Crippen LogP contribution is -2.30. The second kappa shape index (κ2) is 4.95. The van der Waals surface area contributed by atoms with E-state index in [1.807, 2.05) is 0 Å². The van der Waals surface area contributed by atoms with E-state index in [4.69, 9.17) is 0 Å². The molecular formula is C15H21BrN2. The standard InChI is InChI=1S/C15H21BrN2/c1-12(13-3-2-4-14(16)9-13)18-8-6-15(11-18)5-7-17-10-15/h2-4,9,12,17H,5-8,10-11H2,1H3. The van der Waals surface area contributed by atoms with Crippen molar-refractivity contribution >= 4 is 15.9 Å². The van der Waals surface area contributed by atoms with Gasteiger partial charge >= 0.3 is 0 Å². The van der Waals surface area contributed by atoms with Gasteiger partial charge in [-0.25, -0.2) is 0 Å². The van der Waals surface area contributed by atoms with E-state index in [2.05, 4.69) is 57.3 Å². The van der Waals surface area contributed by atoms with Crippen LogP contribution in [-0.2, 0) is 0 Å². The van der Waals surface area contributed by atoms with Crippen molar-refractivity contribution < 1.29 is 0 Å². The molecule has 1 aromatic rings. The van der Waals surface area contributed by atoms with Crippen LogP contribution in [-0.4, -0.2) is 31.1 Å². The zero-order valence-corrected chi connectivity index (χ0v) is 12.5. The molecule has 1 N–H and O–H groups in total. The van der Waals surface area contributed by atoms with Crippen LogP contribution in [0, 0.1) is 5.41 Å². The molecule has 2 unspecified atom stereocenters. The molecule has 0 radical (unpaired) electrons. The predicted molar refractivity (Wildman–Crippen MR) is 78.7 cm³/mol. The Morgan fingerprint density at radius 1 is 1.39 bits per heavy atom. The fourth-order valence-electron chi connectivity index (χ4n) is 3.42. The molecule has 2 atom stereocenters. The van der Waals surface area contributed by atoms with Gasteiger partial charge in [-0.2, -0.15) is 0 Å². The molecule has 2 saturated heterocycles. The summed E-state index contributed by atoms with van der Waals surface area (Å²) in [4.78, 5) is 2.65. The van der Waals surface area contributed by atoms with E-state index in [0.29, 0.717) is 11.5 Å². The van der Waals surface area contributed by atoms with Crippen LogP contribution in [0.3, 0.4) is 0 Å². The van der Waals surface area contributed by atoms with E-state index in [1.54, 1.807) is 0 Å². The lowest BCUT2D eigenvalue weighted by atomic mass is 9.86. The Bertz CT molecular complexity index is 426. The normalized spacial score (nSPS) is 30.1. The summed E-state index contributed by atoms with van der Waals surface area (Å²) in [5.41, 5.74) is 1.99. The summed E-state index contributed by atoms with van der Waals surface area (Å²) >= 11 is 3.57. The van der Waals surface area contributed by atoms with Crippen LogP contribution in [0.1, 0.15) is 31.4 Å². The van der Waals surface area contributed by atoms with Crippen molar-refractivity contribution in [2.45, 2.75) is 25.8 Å². The van der Waals surface area contributed by atoms with Crippen molar-refractivity contribution in [2.24, 2.45) is 5.41 Å². The van der Waals surface area contributed by atoms with Crippen LogP contribution in [0.2, 0.25) is 0 Å². The van der Waals surface area contributed by atoms with Crippen LogP contribution in [0.15, 0.2) is 28.7 Å². The fraction of sp³-hybridized carbons (Fsp3) is 0.600. The molecule has 98 valence electrons. The van der Waals surface area contributed by atoms with Gasteiger partial charge in [0.2, 0.25) is 0 Å². The van der Waals surface area contributed by atoms with Gasteiger partial charge in [0.15, 0.2) is 0 Å². The minimum atomic E-state index is 0.530. The van der Waals surface area contributed by atoms with E-state index in [-0.39, 0.29) is 0 Å². The average Bonchev–Trinajstić information content (AvgIpc) is 3.00. The summed E-state index contributed by atoms with van der Waals surface area (Å²) in [5.74, 6) is 0. The van der Waals surface area contributed by atoms with Gasteiger partial charge in [-0.1, -0.05) is 28.1 Å². The highest BCUT2D eigenvalue weighted by Crippen LogP contribution is 2.39. The molecule has 0 aromatic heterocycles. The molecule has 1 aromatic carbocycles. The topological polar surface area (TPSA) is 15.3 Å². The number of likely N-dealkylation sites (tertiary alicyclic amines) is 1. The Kier molecular flexibility index (Phi) is 3.48. The first kappa shape index (κ1) is 12.6. The number of nitrogens with zero attached hydrogens (tertiary/aromatic N) is 1. The van der Waals surface area contributed by atoms with E-state index in [0.717, 1.165) is 0 Å². The first-order valence-electron chi connectivity index (χ1n) is 6.89. The Balaban J connectivity index is 1.72. The number of nitrogens with one attached hydrogen (secondary N) is 1. The molecule has 2 fully saturated rings. The maximum absolute atomic E-state index is 3.57. The predicted octanol–water partition coefficient (Wildman–Crippen LogP) is 3.20. The zero-order chi connectivity index (χ0) is 12.6. The second-order valence-electron chi connectivity index (χ2n) is 5.88. The third-order valence-corrected chi connectivity index (χ3v) is 5.17. The van der Waals surface area contributed by atoms with Gasteiger partial charge in [0.05, 0.1) is 0 Å². The number of halogens is 1. The molecule has 2 aliphatic heterocycles. The number of hydrogen-bond acceptors (Lipinski definition) is 2. The molecule has 0 bridgehead atoms. The minimum Gasteiger partial charge on any atom is -0.316 e. The van der Waals surface area contributed by atoms with Crippen LogP contribution in [0.25, 0.3) is 0 Å². The van der Waals surface area contributed by atoms with Crippen LogP contribution >= 0.6 is 15.9 Å². The Morgan fingerprint density at radius 2 is 2.28 bits per heavy atom. The van der Waals surface area contributed by atoms with E-state index in [9.17, 15) is 0 Å². The molecule has 3 rings (SSSR count). The minimum absolute atomic E-state index is 0.530. The third-order valence-electron chi connectivity index (χ3n) is 4.68. The SMILES string of the molecule is CC(c1cccc(Br)c1)N1CCC2(CCNC2)C1. The summed E-state index contributed by atoms with van der Waals surface area (Å²) in [6, 6.07) is 9.26. The van der Waals surface area contributed by atoms with Gasteiger partial charge in [-0.05, 0) is 56.0 Å². The molecule has 2 nitrogen and oxygen atoms in total. The van der Waals surface area contributed by atoms with E-state index < -0.39 is 0 Å². The molecule has 1 spiro atoms. The van der Waals surface area contributed by atoms with Gasteiger partial charge in [0.1, 0.15) is 0 Å².